The Labute approximate surface area is 236 Å². The van der Waals surface area contributed by atoms with Gasteiger partial charge >= 0.3 is 0 Å². The molecule has 3 aromatic carbocycles. The van der Waals surface area contributed by atoms with Crippen molar-refractivity contribution in [1.29, 1.82) is 0 Å². The van der Waals surface area contributed by atoms with E-state index in [0.29, 0.717) is 6.54 Å². The van der Waals surface area contributed by atoms with Gasteiger partial charge in [-0.15, -0.1) is 0 Å². The van der Waals surface area contributed by atoms with E-state index in [1.165, 1.54) is 5.56 Å². The highest BCUT2D eigenvalue weighted by atomic mass is 16.3. The largest absolute Gasteiger partial charge is 0.397 e. The molecule has 6 heteroatoms. The third-order valence-corrected chi connectivity index (χ3v) is 5.82. The Hall–Kier alpha value is -3.61. The minimum atomic E-state index is 0.0861. The number of nitrogens with zero attached hydrogens (tertiary/aromatic N) is 1. The highest BCUT2D eigenvalue weighted by Crippen LogP contribution is 2.24. The first-order valence-corrected chi connectivity index (χ1v) is 13.5. The Morgan fingerprint density at radius 1 is 0.897 bits per heavy atom. The van der Waals surface area contributed by atoms with Crippen LogP contribution in [0.25, 0.3) is 5.70 Å². The molecule has 0 fully saturated rings. The van der Waals surface area contributed by atoms with Crippen LogP contribution in [0, 0.1) is 5.41 Å². The molecule has 0 aliphatic heterocycles. The highest BCUT2D eigenvalue weighted by molar-refractivity contribution is 5.94. The molecule has 0 saturated carbocycles. The molecule has 0 aliphatic carbocycles. The summed E-state index contributed by atoms with van der Waals surface area (Å²) >= 11 is 0. The number of benzene rings is 3. The number of aliphatic hydroxyl groups is 1. The van der Waals surface area contributed by atoms with E-state index < -0.39 is 0 Å². The molecule has 3 rings (SSSR count). The Morgan fingerprint density at radius 3 is 1.72 bits per heavy atom. The van der Waals surface area contributed by atoms with Crippen LogP contribution in [-0.4, -0.2) is 42.2 Å². The lowest BCUT2D eigenvalue weighted by atomic mass is 9.87. The van der Waals surface area contributed by atoms with Gasteiger partial charge in [0, 0.05) is 37.9 Å². The molecule has 0 spiro atoms. The number of carbonyl (C=O) groups excluding carboxylic acids is 1. The molecule has 0 heterocycles. The molecule has 39 heavy (non-hydrogen) atoms. The van der Waals surface area contributed by atoms with Gasteiger partial charge in [0.2, 0.25) is 0 Å². The van der Waals surface area contributed by atoms with E-state index in [9.17, 15) is 4.79 Å². The van der Waals surface area contributed by atoms with Crippen molar-refractivity contribution in [2.24, 2.45) is 16.9 Å². The summed E-state index contributed by atoms with van der Waals surface area (Å²) < 4.78 is 0. The summed E-state index contributed by atoms with van der Waals surface area (Å²) in [7, 11) is 1.87. The minimum Gasteiger partial charge on any atom is -0.397 e. The molecule has 6 N–H and O–H groups in total. The van der Waals surface area contributed by atoms with Gasteiger partial charge in [-0.3, -0.25) is 4.79 Å². The van der Waals surface area contributed by atoms with Gasteiger partial charge in [-0.2, -0.15) is 0 Å². The van der Waals surface area contributed by atoms with Crippen LogP contribution < -0.4 is 16.8 Å². The molecule has 6 nitrogen and oxygen atoms in total. The topological polar surface area (TPSA) is 105 Å². The van der Waals surface area contributed by atoms with Crippen molar-refractivity contribution >= 4 is 11.6 Å². The van der Waals surface area contributed by atoms with Crippen LogP contribution in [0.2, 0.25) is 0 Å². The third-order valence-electron chi connectivity index (χ3n) is 5.82. The molecule has 0 saturated heterocycles. The van der Waals surface area contributed by atoms with Crippen molar-refractivity contribution in [2.45, 2.75) is 54.1 Å². The minimum absolute atomic E-state index is 0.0861. The van der Waals surface area contributed by atoms with Crippen LogP contribution in [0.3, 0.4) is 0 Å². The number of nitrogens with one attached hydrogen (secondary N) is 1. The predicted octanol–water partition coefficient (Wildman–Crippen LogP) is 5.89. The van der Waals surface area contributed by atoms with Gasteiger partial charge in [-0.25, -0.2) is 0 Å². The molecule has 0 aliphatic rings. The molecule has 1 atom stereocenters. The Bertz CT molecular complexity index is 1030. The first-order chi connectivity index (χ1) is 18.6. The van der Waals surface area contributed by atoms with Gasteiger partial charge in [0.15, 0.2) is 0 Å². The van der Waals surface area contributed by atoms with Crippen LogP contribution >= 0.6 is 0 Å². The summed E-state index contributed by atoms with van der Waals surface area (Å²) in [5.74, 6) is 0.0861. The first-order valence-electron chi connectivity index (χ1n) is 13.5. The maximum absolute atomic E-state index is 12.2. The second-order valence-corrected chi connectivity index (χ2v) is 9.67. The second-order valence-electron chi connectivity index (χ2n) is 9.67. The lowest BCUT2D eigenvalue weighted by molar-refractivity contribution is 0.0629. The fourth-order valence-electron chi connectivity index (χ4n) is 3.13. The summed E-state index contributed by atoms with van der Waals surface area (Å²) in [5, 5.41) is 11.0. The van der Waals surface area contributed by atoms with E-state index in [-0.39, 0.29) is 24.0 Å². The van der Waals surface area contributed by atoms with Crippen molar-refractivity contribution in [3.05, 3.63) is 114 Å². The van der Waals surface area contributed by atoms with Gasteiger partial charge in [0.05, 0.1) is 12.3 Å². The zero-order valence-corrected chi connectivity index (χ0v) is 24.9. The number of aliphatic hydroxyl groups excluding tert-OH is 1. The molecule has 0 radical (unpaired) electrons. The number of hydrogen-bond donors (Lipinski definition) is 4. The summed E-state index contributed by atoms with van der Waals surface area (Å²) in [6.07, 6.45) is 1.85. The first kappa shape index (κ1) is 35.4. The molecule has 0 bridgehead atoms. The average molecular weight is 535 g/mol. The summed E-state index contributed by atoms with van der Waals surface area (Å²) in [6.45, 7) is 13.8. The van der Waals surface area contributed by atoms with Crippen molar-refractivity contribution in [3.63, 3.8) is 0 Å². The molecular formula is C33H50N4O2. The maximum atomic E-state index is 12.2. The van der Waals surface area contributed by atoms with Crippen molar-refractivity contribution in [3.8, 4) is 0 Å². The number of carbonyl (C=O) groups is 1. The van der Waals surface area contributed by atoms with Crippen LogP contribution in [0.5, 0.6) is 0 Å². The average Bonchev–Trinajstić information content (AvgIpc) is 2.98. The summed E-state index contributed by atoms with van der Waals surface area (Å²) in [4.78, 5) is 14.0. The molecule has 214 valence electrons. The molecule has 0 aromatic heterocycles. The smallest absolute Gasteiger partial charge is 0.253 e. The molecule has 3 aromatic rings. The van der Waals surface area contributed by atoms with E-state index >= 15 is 0 Å². The second kappa shape index (κ2) is 20.4. The fraction of sp³-hybridized carbons (Fsp3) is 0.364. The van der Waals surface area contributed by atoms with E-state index in [2.05, 4.69) is 45.1 Å². The number of nitrogens with two attached hydrogens (primary N) is 2. The van der Waals surface area contributed by atoms with E-state index in [4.69, 9.17) is 16.6 Å². The predicted molar refractivity (Wildman–Crippen MR) is 167 cm³/mol. The highest BCUT2D eigenvalue weighted by Gasteiger charge is 2.27. The fourth-order valence-corrected chi connectivity index (χ4v) is 3.13. The summed E-state index contributed by atoms with van der Waals surface area (Å²) in [5.41, 5.74) is 14.6. The lowest BCUT2D eigenvalue weighted by Gasteiger charge is -2.35. The monoisotopic (exact) mass is 534 g/mol. The zero-order valence-electron chi connectivity index (χ0n) is 24.9. The van der Waals surface area contributed by atoms with Crippen LogP contribution in [0.15, 0.2) is 97.2 Å². The van der Waals surface area contributed by atoms with Crippen LogP contribution in [-0.2, 0) is 6.54 Å². The normalized spacial score (nSPS) is 11.3. The maximum Gasteiger partial charge on any atom is 0.253 e. The van der Waals surface area contributed by atoms with E-state index in [0.717, 1.165) is 23.4 Å². The van der Waals surface area contributed by atoms with Gasteiger partial charge in [-0.1, -0.05) is 113 Å². The Kier molecular flexibility index (Phi) is 18.5. The van der Waals surface area contributed by atoms with E-state index in [1.54, 1.807) is 0 Å². The molecular weight excluding hydrogens is 484 g/mol. The lowest BCUT2D eigenvalue weighted by Crippen LogP contribution is -2.42. The number of amides is 1. The molecule has 1 unspecified atom stereocenters. The SMILES string of the molecule is CC.CC(N(C)C(=O)c1ccccc1)C(C)(C)C.N/C(=C\NCc1ccccc1)c1ccccc1.NCCO. The van der Waals surface area contributed by atoms with Crippen LogP contribution in [0.1, 0.15) is 63.0 Å². The standard InChI is InChI=1S/C15H16N2.C14H21NO.C2H7NO.C2H6/c16-15(14-9-5-2-6-10-14)12-17-11-13-7-3-1-4-8-13;1-11(14(2,3)4)15(5)13(16)12-9-7-6-8-10-12;3-1-2-4;1-2/h1-10,12,17H,11,16H2;6-11H,1-5H3;4H,1-3H2;1-2H3/b15-12-;;;. The van der Waals surface area contributed by atoms with Crippen molar-refractivity contribution < 1.29 is 9.90 Å². The van der Waals surface area contributed by atoms with Crippen molar-refractivity contribution in [1.82, 2.24) is 10.2 Å². The van der Waals surface area contributed by atoms with Gasteiger partial charge in [0.25, 0.3) is 5.91 Å². The van der Waals surface area contributed by atoms with Gasteiger partial charge in [-0.05, 0) is 35.6 Å². The zero-order chi connectivity index (χ0) is 29.7. The third kappa shape index (κ3) is 14.8. The quantitative estimate of drug-likeness (QED) is 0.303. The van der Waals surface area contributed by atoms with Crippen molar-refractivity contribution in [2.75, 3.05) is 20.2 Å². The van der Waals surface area contributed by atoms with Gasteiger partial charge < -0.3 is 26.8 Å². The Balaban J connectivity index is 0.000000618. The number of hydrogen-bond acceptors (Lipinski definition) is 5. The Morgan fingerprint density at radius 2 is 1.31 bits per heavy atom. The van der Waals surface area contributed by atoms with Crippen LogP contribution in [0.4, 0.5) is 0 Å². The van der Waals surface area contributed by atoms with E-state index in [1.807, 2.05) is 111 Å². The molecule has 1 amide bonds. The number of rotatable bonds is 7. The summed E-state index contributed by atoms with van der Waals surface area (Å²) in [6, 6.07) is 29.8. The van der Waals surface area contributed by atoms with Gasteiger partial charge in [0.1, 0.15) is 0 Å².